The van der Waals surface area contributed by atoms with E-state index in [1.165, 1.54) is 5.56 Å². The summed E-state index contributed by atoms with van der Waals surface area (Å²) in [6.45, 7) is 2.23. The van der Waals surface area contributed by atoms with Crippen molar-refractivity contribution in [2.75, 3.05) is 30.3 Å². The highest BCUT2D eigenvalue weighted by atomic mass is 16.6. The van der Waals surface area contributed by atoms with Gasteiger partial charge in [0.15, 0.2) is 0 Å². The first-order chi connectivity index (χ1) is 8.24. The molecule has 0 bridgehead atoms. The topological polar surface area (TPSA) is 67.6 Å². The van der Waals surface area contributed by atoms with Crippen LogP contribution in [0, 0.1) is 0 Å². The molecule has 1 atom stereocenters. The van der Waals surface area contributed by atoms with E-state index in [1.807, 2.05) is 12.1 Å². The van der Waals surface area contributed by atoms with Gasteiger partial charge in [-0.25, -0.2) is 4.79 Å². The first-order valence-electron chi connectivity index (χ1n) is 5.81. The van der Waals surface area contributed by atoms with Crippen LogP contribution in [0.4, 0.5) is 16.2 Å². The first kappa shape index (κ1) is 10.3. The molecule has 1 saturated heterocycles. The number of fused-ring (bicyclic) bond motifs is 1. The van der Waals surface area contributed by atoms with Gasteiger partial charge >= 0.3 is 6.09 Å². The number of carbonyl (C=O) groups is 1. The van der Waals surface area contributed by atoms with Crippen LogP contribution in [0.5, 0.6) is 0 Å². The molecule has 0 spiro atoms. The molecular formula is C12H15N3O2. The van der Waals surface area contributed by atoms with Gasteiger partial charge in [0.2, 0.25) is 0 Å². The number of para-hydroxylation sites is 1. The fraction of sp³-hybridized carbons (Fsp3) is 0.417. The van der Waals surface area contributed by atoms with E-state index in [0.717, 1.165) is 24.3 Å². The molecule has 1 fully saturated rings. The summed E-state index contributed by atoms with van der Waals surface area (Å²) >= 11 is 0. The lowest BCUT2D eigenvalue weighted by Crippen LogP contribution is -2.33. The molecule has 2 aliphatic heterocycles. The lowest BCUT2D eigenvalue weighted by Gasteiger charge is -2.23. The Hall–Kier alpha value is -1.91. The number of nitrogens with one attached hydrogen (secondary N) is 1. The standard InChI is InChI=1S/C12H15N3O2/c13-10-3-1-2-8-4-5-15(11(8)10)7-9-6-14-12(16)17-9/h1-3,9H,4-7,13H2,(H,14,16). The second-order valence-corrected chi connectivity index (χ2v) is 4.46. The number of nitrogens with two attached hydrogens (primary N) is 1. The molecule has 0 aliphatic carbocycles. The largest absolute Gasteiger partial charge is 0.442 e. The van der Waals surface area contributed by atoms with Crippen molar-refractivity contribution in [3.63, 3.8) is 0 Å². The van der Waals surface area contributed by atoms with Crippen LogP contribution in [0.3, 0.4) is 0 Å². The molecule has 1 aromatic carbocycles. The van der Waals surface area contributed by atoms with Crippen LogP contribution in [-0.2, 0) is 11.2 Å². The average molecular weight is 233 g/mol. The summed E-state index contributed by atoms with van der Waals surface area (Å²) in [5.41, 5.74) is 9.19. The minimum Gasteiger partial charge on any atom is -0.442 e. The highest BCUT2D eigenvalue weighted by molar-refractivity contribution is 5.74. The predicted molar refractivity (Wildman–Crippen MR) is 65.0 cm³/mol. The zero-order valence-corrected chi connectivity index (χ0v) is 9.48. The minimum absolute atomic E-state index is 0.0759. The summed E-state index contributed by atoms with van der Waals surface area (Å²) in [5, 5.41) is 2.66. The summed E-state index contributed by atoms with van der Waals surface area (Å²) in [6, 6.07) is 6.00. The molecule has 90 valence electrons. The van der Waals surface area contributed by atoms with Crippen molar-refractivity contribution in [3.8, 4) is 0 Å². The van der Waals surface area contributed by atoms with Gasteiger partial charge in [0.25, 0.3) is 0 Å². The van der Waals surface area contributed by atoms with Crippen molar-refractivity contribution in [2.45, 2.75) is 12.5 Å². The van der Waals surface area contributed by atoms with E-state index in [1.54, 1.807) is 0 Å². The summed E-state index contributed by atoms with van der Waals surface area (Å²) in [6.07, 6.45) is 0.609. The van der Waals surface area contributed by atoms with Gasteiger partial charge in [-0.1, -0.05) is 12.1 Å². The number of alkyl carbamates (subject to hydrolysis) is 1. The molecule has 5 heteroatoms. The molecule has 5 nitrogen and oxygen atoms in total. The molecule has 1 unspecified atom stereocenters. The number of amides is 1. The molecule has 17 heavy (non-hydrogen) atoms. The highest BCUT2D eigenvalue weighted by Gasteiger charge is 2.28. The molecule has 1 aromatic rings. The van der Waals surface area contributed by atoms with Crippen LogP contribution in [0.2, 0.25) is 0 Å². The number of hydrogen-bond donors (Lipinski definition) is 2. The monoisotopic (exact) mass is 233 g/mol. The maximum absolute atomic E-state index is 11.0. The van der Waals surface area contributed by atoms with Gasteiger partial charge in [-0.05, 0) is 18.1 Å². The number of benzene rings is 1. The molecule has 2 aliphatic rings. The Kier molecular flexibility index (Phi) is 2.31. The van der Waals surface area contributed by atoms with Crippen LogP contribution in [0.1, 0.15) is 5.56 Å². The second kappa shape index (κ2) is 3.84. The Morgan fingerprint density at radius 2 is 2.41 bits per heavy atom. The summed E-state index contributed by atoms with van der Waals surface area (Å²) in [7, 11) is 0. The van der Waals surface area contributed by atoms with E-state index in [-0.39, 0.29) is 12.2 Å². The summed E-state index contributed by atoms with van der Waals surface area (Å²) in [5.74, 6) is 0. The Morgan fingerprint density at radius 1 is 1.53 bits per heavy atom. The molecule has 0 radical (unpaired) electrons. The lowest BCUT2D eigenvalue weighted by molar-refractivity contribution is 0.143. The lowest BCUT2D eigenvalue weighted by atomic mass is 10.1. The van der Waals surface area contributed by atoms with Gasteiger partial charge in [-0.15, -0.1) is 0 Å². The van der Waals surface area contributed by atoms with Crippen LogP contribution in [0.25, 0.3) is 0 Å². The smallest absolute Gasteiger partial charge is 0.407 e. The van der Waals surface area contributed by atoms with Gasteiger partial charge in [0, 0.05) is 6.54 Å². The van der Waals surface area contributed by atoms with E-state index < -0.39 is 0 Å². The zero-order valence-electron chi connectivity index (χ0n) is 9.48. The van der Waals surface area contributed by atoms with E-state index in [0.29, 0.717) is 13.1 Å². The number of carbonyl (C=O) groups excluding carboxylic acids is 1. The number of hydrogen-bond acceptors (Lipinski definition) is 4. The van der Waals surface area contributed by atoms with E-state index in [9.17, 15) is 4.79 Å². The SMILES string of the molecule is Nc1cccc2c1N(CC1CNC(=O)O1)CC2. The van der Waals surface area contributed by atoms with Crippen LogP contribution < -0.4 is 16.0 Å². The third-order valence-corrected chi connectivity index (χ3v) is 3.29. The number of anilines is 2. The summed E-state index contributed by atoms with van der Waals surface area (Å²) < 4.78 is 5.15. The Morgan fingerprint density at radius 3 is 3.18 bits per heavy atom. The third kappa shape index (κ3) is 1.77. The fourth-order valence-corrected chi connectivity index (χ4v) is 2.53. The van der Waals surface area contributed by atoms with Crippen LogP contribution >= 0.6 is 0 Å². The quantitative estimate of drug-likeness (QED) is 0.739. The minimum atomic E-state index is -0.324. The van der Waals surface area contributed by atoms with Gasteiger partial charge < -0.3 is 20.7 Å². The Labute approximate surface area is 99.5 Å². The van der Waals surface area contributed by atoms with Crippen molar-refractivity contribution in [2.24, 2.45) is 0 Å². The maximum atomic E-state index is 11.0. The molecule has 3 rings (SSSR count). The highest BCUT2D eigenvalue weighted by Crippen LogP contribution is 2.33. The maximum Gasteiger partial charge on any atom is 0.407 e. The zero-order chi connectivity index (χ0) is 11.8. The predicted octanol–water partition coefficient (Wildman–Crippen LogP) is 0.740. The molecule has 1 amide bonds. The van der Waals surface area contributed by atoms with Crippen LogP contribution in [0.15, 0.2) is 18.2 Å². The normalized spacial score (nSPS) is 22.2. The van der Waals surface area contributed by atoms with Crippen LogP contribution in [-0.4, -0.2) is 31.8 Å². The summed E-state index contributed by atoms with van der Waals surface area (Å²) in [4.78, 5) is 13.2. The number of ether oxygens (including phenoxy) is 1. The van der Waals surface area contributed by atoms with Gasteiger partial charge in [0.1, 0.15) is 6.10 Å². The molecular weight excluding hydrogens is 218 g/mol. The van der Waals surface area contributed by atoms with E-state index in [4.69, 9.17) is 10.5 Å². The average Bonchev–Trinajstić information content (AvgIpc) is 2.88. The van der Waals surface area contributed by atoms with Crippen molar-refractivity contribution in [1.82, 2.24) is 5.32 Å². The van der Waals surface area contributed by atoms with Crippen molar-refractivity contribution in [1.29, 1.82) is 0 Å². The van der Waals surface area contributed by atoms with Crippen molar-refractivity contribution < 1.29 is 9.53 Å². The van der Waals surface area contributed by atoms with Crippen molar-refractivity contribution in [3.05, 3.63) is 23.8 Å². The first-order valence-corrected chi connectivity index (χ1v) is 5.81. The van der Waals surface area contributed by atoms with E-state index >= 15 is 0 Å². The number of rotatable bonds is 2. The molecule has 0 aromatic heterocycles. The van der Waals surface area contributed by atoms with Crippen molar-refractivity contribution >= 4 is 17.5 Å². The number of nitrogen functional groups attached to an aromatic ring is 1. The Bertz CT molecular complexity index is 461. The van der Waals surface area contributed by atoms with Gasteiger partial charge in [0.05, 0.1) is 24.5 Å². The van der Waals surface area contributed by atoms with E-state index in [2.05, 4.69) is 16.3 Å². The molecule has 0 saturated carbocycles. The fourth-order valence-electron chi connectivity index (χ4n) is 2.53. The number of nitrogens with zero attached hydrogens (tertiary/aromatic N) is 1. The number of cyclic esters (lactones) is 1. The molecule has 2 heterocycles. The van der Waals surface area contributed by atoms with Gasteiger partial charge in [-0.3, -0.25) is 0 Å². The van der Waals surface area contributed by atoms with Gasteiger partial charge in [-0.2, -0.15) is 0 Å². The third-order valence-electron chi connectivity index (χ3n) is 3.29. The Balaban J connectivity index is 1.77. The second-order valence-electron chi connectivity index (χ2n) is 4.46. The molecule has 3 N–H and O–H groups in total.